The highest BCUT2D eigenvalue weighted by Crippen LogP contribution is 2.29. The summed E-state index contributed by atoms with van der Waals surface area (Å²) >= 11 is 0. The molecule has 134 valence electrons. The molecule has 1 rings (SSSR count). The van der Waals surface area contributed by atoms with Gasteiger partial charge in [-0.15, -0.1) is 0 Å². The van der Waals surface area contributed by atoms with Gasteiger partial charge in [-0.3, -0.25) is 0 Å². The number of halogens is 3. The number of hydrogen-bond acceptors (Lipinski definition) is 1. The van der Waals surface area contributed by atoms with Gasteiger partial charge in [-0.25, -0.2) is 0 Å². The minimum absolute atomic E-state index is 0.455. The van der Waals surface area contributed by atoms with E-state index < -0.39 is 11.7 Å². The largest absolute Gasteiger partial charge is 0.494 e. The number of allylic oxidation sites excluding steroid dienone is 4. The molecule has 0 saturated carbocycles. The highest BCUT2D eigenvalue weighted by Gasteiger charge is 2.30. The number of rotatable bonds is 7. The number of ether oxygens (including phenoxy) is 1. The van der Waals surface area contributed by atoms with Crippen LogP contribution in [0.3, 0.4) is 0 Å². The molecule has 0 aliphatic heterocycles. The molecule has 0 spiro atoms. The molecule has 0 heterocycles. The fourth-order valence-corrected chi connectivity index (χ4v) is 1.86. The quantitative estimate of drug-likeness (QED) is 0.304. The monoisotopic (exact) mass is 340 g/mol. The predicted octanol–water partition coefficient (Wildman–Crippen LogP) is 6.72. The molecule has 1 nitrogen and oxygen atoms in total. The van der Waals surface area contributed by atoms with Gasteiger partial charge in [0.2, 0.25) is 0 Å². The van der Waals surface area contributed by atoms with E-state index in [4.69, 9.17) is 4.74 Å². The third kappa shape index (κ3) is 8.61. The van der Waals surface area contributed by atoms with E-state index in [0.717, 1.165) is 17.4 Å². The normalized spacial score (nSPS) is 12.3. The second kappa shape index (κ2) is 11.5. The Balaban J connectivity index is 0.00000254. The third-order valence-electron chi connectivity index (χ3n) is 3.11. The first-order chi connectivity index (χ1) is 11.4. The second-order valence-electron chi connectivity index (χ2n) is 4.93. The fourth-order valence-electron chi connectivity index (χ4n) is 1.86. The Bertz CT molecular complexity index is 554. The summed E-state index contributed by atoms with van der Waals surface area (Å²) in [4.78, 5) is 0. The first kappa shape index (κ1) is 22.0. The van der Waals surface area contributed by atoms with E-state index in [1.165, 1.54) is 12.1 Å². The molecular weight excluding hydrogens is 313 g/mol. The summed E-state index contributed by atoms with van der Waals surface area (Å²) in [5.74, 6) is 0.737. The van der Waals surface area contributed by atoms with Crippen molar-refractivity contribution in [3.05, 3.63) is 71.5 Å². The Labute approximate surface area is 143 Å². The molecule has 0 amide bonds. The first-order valence-corrected chi connectivity index (χ1v) is 8.12. The van der Waals surface area contributed by atoms with Crippen molar-refractivity contribution in [3.63, 3.8) is 0 Å². The number of aryl methyl sites for hydroxylation is 1. The highest BCUT2D eigenvalue weighted by molar-refractivity contribution is 5.26. The van der Waals surface area contributed by atoms with Crippen LogP contribution in [-0.4, -0.2) is 6.61 Å². The zero-order valence-corrected chi connectivity index (χ0v) is 14.9. The Hall–Kier alpha value is -1.97. The van der Waals surface area contributed by atoms with Gasteiger partial charge in [-0.05, 0) is 56.0 Å². The van der Waals surface area contributed by atoms with Gasteiger partial charge in [-0.1, -0.05) is 44.7 Å². The predicted molar refractivity (Wildman–Crippen MR) is 94.8 cm³/mol. The Morgan fingerprint density at radius 1 is 1.25 bits per heavy atom. The molecule has 1 aromatic carbocycles. The van der Waals surface area contributed by atoms with Gasteiger partial charge in [0, 0.05) is 0 Å². The Morgan fingerprint density at radius 2 is 1.92 bits per heavy atom. The van der Waals surface area contributed by atoms with E-state index in [1.807, 2.05) is 39.8 Å². The van der Waals surface area contributed by atoms with Crippen LogP contribution >= 0.6 is 0 Å². The zero-order chi connectivity index (χ0) is 18.6. The summed E-state index contributed by atoms with van der Waals surface area (Å²) in [5.41, 5.74) is 1.05. The average molecular weight is 340 g/mol. The van der Waals surface area contributed by atoms with E-state index in [-0.39, 0.29) is 0 Å². The van der Waals surface area contributed by atoms with Crippen molar-refractivity contribution in [1.82, 2.24) is 0 Å². The van der Waals surface area contributed by atoms with Crippen LogP contribution in [0.1, 0.15) is 45.2 Å². The summed E-state index contributed by atoms with van der Waals surface area (Å²) in [6.07, 6.45) is 2.35. The van der Waals surface area contributed by atoms with Crippen LogP contribution in [0.4, 0.5) is 13.2 Å². The smallest absolute Gasteiger partial charge is 0.416 e. The van der Waals surface area contributed by atoms with Gasteiger partial charge < -0.3 is 4.74 Å². The molecule has 0 N–H and O–H groups in total. The number of benzene rings is 1. The van der Waals surface area contributed by atoms with Gasteiger partial charge >= 0.3 is 6.18 Å². The molecule has 0 aromatic heterocycles. The van der Waals surface area contributed by atoms with Crippen LogP contribution < -0.4 is 0 Å². The molecule has 1 aromatic rings. The molecule has 0 unspecified atom stereocenters. The van der Waals surface area contributed by atoms with Gasteiger partial charge in [0.25, 0.3) is 0 Å². The summed E-state index contributed by atoms with van der Waals surface area (Å²) in [6, 6.07) is 5.42. The van der Waals surface area contributed by atoms with E-state index in [9.17, 15) is 13.2 Å². The van der Waals surface area contributed by atoms with Crippen molar-refractivity contribution in [1.29, 1.82) is 0 Å². The van der Waals surface area contributed by atoms with E-state index in [0.29, 0.717) is 25.0 Å². The van der Waals surface area contributed by atoms with Crippen molar-refractivity contribution in [2.45, 2.75) is 46.7 Å². The molecule has 24 heavy (non-hydrogen) atoms. The standard InChI is InChI=1S/C18H21F3O.C2H6/c1-4-14(3)12-17(5-2)22-11-7-9-15-8-6-10-16(13-15)18(19,20)21;1-2/h4-6,8,10,12-13H,1,7,9,11H2,2-3H3;1-2H3/b14-12-,17-5+;. The van der Waals surface area contributed by atoms with E-state index in [2.05, 4.69) is 6.58 Å². The van der Waals surface area contributed by atoms with Crippen molar-refractivity contribution in [3.8, 4) is 0 Å². The molecule has 0 radical (unpaired) electrons. The lowest BCUT2D eigenvalue weighted by Crippen LogP contribution is -2.05. The highest BCUT2D eigenvalue weighted by atomic mass is 19.4. The van der Waals surface area contributed by atoms with Crippen molar-refractivity contribution in [2.24, 2.45) is 0 Å². The number of hydrogen-bond donors (Lipinski definition) is 0. The lowest BCUT2D eigenvalue weighted by Gasteiger charge is -2.10. The molecule has 0 atom stereocenters. The van der Waals surface area contributed by atoms with Gasteiger partial charge in [0.15, 0.2) is 0 Å². The van der Waals surface area contributed by atoms with Crippen LogP contribution in [0.2, 0.25) is 0 Å². The minimum Gasteiger partial charge on any atom is -0.494 e. The SMILES string of the molecule is C=C/C(C)=C\C(=C/C)OCCCc1cccc(C(F)(F)F)c1.CC. The summed E-state index contributed by atoms with van der Waals surface area (Å²) < 4.78 is 43.4. The molecule has 0 bridgehead atoms. The van der Waals surface area contributed by atoms with E-state index >= 15 is 0 Å². The van der Waals surface area contributed by atoms with Crippen LogP contribution in [-0.2, 0) is 17.3 Å². The molecular formula is C20H27F3O. The average Bonchev–Trinajstić information content (AvgIpc) is 2.58. The fraction of sp³-hybridized carbons (Fsp3) is 0.400. The molecule has 0 aliphatic rings. The van der Waals surface area contributed by atoms with Crippen molar-refractivity contribution >= 4 is 0 Å². The molecule has 0 aliphatic carbocycles. The van der Waals surface area contributed by atoms with Crippen LogP contribution in [0.5, 0.6) is 0 Å². The Kier molecular flexibility index (Phi) is 10.6. The maximum atomic E-state index is 12.6. The van der Waals surface area contributed by atoms with Crippen LogP contribution in [0, 0.1) is 0 Å². The summed E-state index contributed by atoms with van der Waals surface area (Å²) in [6.45, 7) is 11.9. The maximum Gasteiger partial charge on any atom is 0.416 e. The Morgan fingerprint density at radius 3 is 2.46 bits per heavy atom. The molecule has 4 heteroatoms. The number of alkyl halides is 3. The minimum atomic E-state index is -4.29. The molecule has 0 fully saturated rings. The van der Waals surface area contributed by atoms with Gasteiger partial charge in [-0.2, -0.15) is 13.2 Å². The van der Waals surface area contributed by atoms with Crippen LogP contribution in [0.25, 0.3) is 0 Å². The summed E-state index contributed by atoms with van der Waals surface area (Å²) in [5, 5.41) is 0. The second-order valence-corrected chi connectivity index (χ2v) is 4.93. The van der Waals surface area contributed by atoms with Crippen LogP contribution in [0.15, 0.2) is 60.4 Å². The maximum absolute atomic E-state index is 12.6. The van der Waals surface area contributed by atoms with Crippen molar-refractivity contribution < 1.29 is 17.9 Å². The molecule has 0 saturated heterocycles. The topological polar surface area (TPSA) is 9.23 Å². The van der Waals surface area contributed by atoms with Gasteiger partial charge in [0.1, 0.15) is 5.76 Å². The van der Waals surface area contributed by atoms with Gasteiger partial charge in [0.05, 0.1) is 12.2 Å². The summed E-state index contributed by atoms with van der Waals surface area (Å²) in [7, 11) is 0. The van der Waals surface area contributed by atoms with E-state index in [1.54, 1.807) is 12.1 Å². The lowest BCUT2D eigenvalue weighted by molar-refractivity contribution is -0.137. The first-order valence-electron chi connectivity index (χ1n) is 8.12. The van der Waals surface area contributed by atoms with Crippen molar-refractivity contribution in [2.75, 3.05) is 6.61 Å². The third-order valence-corrected chi connectivity index (χ3v) is 3.11. The zero-order valence-electron chi connectivity index (χ0n) is 14.9. The lowest BCUT2D eigenvalue weighted by atomic mass is 10.1.